The average molecular weight is 476 g/mol. The number of rotatable bonds is 3. The molecule has 1 aliphatic rings. The number of anilines is 2. The van der Waals surface area contributed by atoms with Crippen molar-refractivity contribution in [1.29, 1.82) is 0 Å². The van der Waals surface area contributed by atoms with Crippen LogP contribution in [0.3, 0.4) is 0 Å². The van der Waals surface area contributed by atoms with Gasteiger partial charge in [0.05, 0.1) is 11.0 Å². The molecular formula is C26H22F2N4O3. The summed E-state index contributed by atoms with van der Waals surface area (Å²) in [5.41, 5.74) is 1.93. The molecule has 0 bridgehead atoms. The lowest BCUT2D eigenvalue weighted by Gasteiger charge is -2.33. The molecule has 2 amide bonds. The Labute approximate surface area is 199 Å². The van der Waals surface area contributed by atoms with Gasteiger partial charge in [0.15, 0.2) is 0 Å². The van der Waals surface area contributed by atoms with Gasteiger partial charge in [-0.3, -0.25) is 19.1 Å². The highest BCUT2D eigenvalue weighted by atomic mass is 19.1. The second kappa shape index (κ2) is 9.17. The van der Waals surface area contributed by atoms with Crippen LogP contribution in [0.1, 0.15) is 18.9 Å². The summed E-state index contributed by atoms with van der Waals surface area (Å²) in [6.45, 7) is 0.587. The van der Waals surface area contributed by atoms with Gasteiger partial charge in [0.2, 0.25) is 0 Å². The first-order valence-corrected chi connectivity index (χ1v) is 11.3. The fourth-order valence-corrected chi connectivity index (χ4v) is 4.56. The number of para-hydroxylation sites is 2. The first kappa shape index (κ1) is 22.5. The number of nitrogens with zero attached hydrogens (tertiary/aromatic N) is 3. The molecule has 0 spiro atoms. The summed E-state index contributed by atoms with van der Waals surface area (Å²) in [4.78, 5) is 44.5. The number of halogens is 2. The number of carbonyl (C=O) groups excluding carboxylic acids is 2. The van der Waals surface area contributed by atoms with Crippen LogP contribution in [-0.4, -0.2) is 39.4 Å². The molecule has 35 heavy (non-hydrogen) atoms. The van der Waals surface area contributed by atoms with E-state index in [1.54, 1.807) is 4.57 Å². The number of H-pyrrole nitrogens is 1. The third-order valence-corrected chi connectivity index (χ3v) is 6.30. The van der Waals surface area contributed by atoms with Crippen LogP contribution in [0.5, 0.6) is 0 Å². The summed E-state index contributed by atoms with van der Waals surface area (Å²) < 4.78 is 28.7. The zero-order chi connectivity index (χ0) is 24.5. The highest BCUT2D eigenvalue weighted by Crippen LogP contribution is 2.29. The predicted molar refractivity (Wildman–Crippen MR) is 127 cm³/mol. The maximum atomic E-state index is 13.5. The molecule has 3 aromatic carbocycles. The molecule has 7 nitrogen and oxygen atoms in total. The van der Waals surface area contributed by atoms with E-state index in [4.69, 9.17) is 0 Å². The van der Waals surface area contributed by atoms with Crippen molar-refractivity contribution in [2.24, 2.45) is 0 Å². The molecule has 1 aromatic heterocycles. The number of aromatic nitrogens is 2. The van der Waals surface area contributed by atoms with Crippen LogP contribution in [-0.2, 0) is 9.59 Å². The molecule has 1 N–H and O–H groups in total. The Morgan fingerprint density at radius 3 is 1.94 bits per heavy atom. The van der Waals surface area contributed by atoms with Gasteiger partial charge in [-0.1, -0.05) is 12.1 Å². The third kappa shape index (κ3) is 4.32. The number of aromatic amines is 1. The standard InChI is InChI=1S/C26H22F2N4O3/c27-17-5-9-19(10-6-17)31(20-11-7-18(28)8-12-20)25(34)24(33)30-15-13-21(14-16-30)32-23-4-2-1-3-22(23)29-26(32)35/h1-12,21H,13-16H2,(H,29,35). The number of carbonyl (C=O) groups is 2. The maximum absolute atomic E-state index is 13.5. The Kier molecular flexibility index (Phi) is 5.90. The molecule has 0 radical (unpaired) electrons. The number of nitrogens with one attached hydrogen (secondary N) is 1. The van der Waals surface area contributed by atoms with Crippen molar-refractivity contribution in [3.05, 3.63) is 94.9 Å². The van der Waals surface area contributed by atoms with Crippen LogP contribution in [0.4, 0.5) is 20.2 Å². The normalized spacial score (nSPS) is 14.3. The van der Waals surface area contributed by atoms with Gasteiger partial charge < -0.3 is 9.88 Å². The van der Waals surface area contributed by atoms with Gasteiger partial charge in [-0.05, 0) is 73.5 Å². The Morgan fingerprint density at radius 2 is 1.37 bits per heavy atom. The minimum absolute atomic E-state index is 0.108. The number of hydrogen-bond acceptors (Lipinski definition) is 3. The van der Waals surface area contributed by atoms with Gasteiger partial charge in [-0.15, -0.1) is 0 Å². The molecule has 178 valence electrons. The second-order valence-corrected chi connectivity index (χ2v) is 8.43. The number of likely N-dealkylation sites (tertiary alicyclic amines) is 1. The third-order valence-electron chi connectivity index (χ3n) is 6.30. The minimum atomic E-state index is -0.828. The van der Waals surface area contributed by atoms with E-state index in [0.29, 0.717) is 25.9 Å². The summed E-state index contributed by atoms with van der Waals surface area (Å²) in [5.74, 6) is -2.52. The maximum Gasteiger partial charge on any atom is 0.326 e. The zero-order valence-electron chi connectivity index (χ0n) is 18.7. The van der Waals surface area contributed by atoms with Crippen molar-refractivity contribution in [1.82, 2.24) is 14.5 Å². The van der Waals surface area contributed by atoms with Crippen molar-refractivity contribution < 1.29 is 18.4 Å². The first-order chi connectivity index (χ1) is 16.9. The SMILES string of the molecule is O=C(C(=O)N(c1ccc(F)cc1)c1ccc(F)cc1)N1CCC(n2c(=O)[nH]c3ccccc32)CC1. The summed E-state index contributed by atoms with van der Waals surface area (Å²) in [7, 11) is 0. The van der Waals surface area contributed by atoms with E-state index in [2.05, 4.69) is 4.98 Å². The quantitative estimate of drug-likeness (QED) is 0.452. The fourth-order valence-electron chi connectivity index (χ4n) is 4.56. The van der Waals surface area contributed by atoms with Gasteiger partial charge in [-0.25, -0.2) is 13.6 Å². The van der Waals surface area contributed by atoms with Gasteiger partial charge in [0.25, 0.3) is 0 Å². The zero-order valence-corrected chi connectivity index (χ0v) is 18.7. The van der Waals surface area contributed by atoms with Crippen LogP contribution in [0.15, 0.2) is 77.6 Å². The Bertz CT molecular complexity index is 1390. The molecule has 0 unspecified atom stereocenters. The highest BCUT2D eigenvalue weighted by Gasteiger charge is 2.33. The molecule has 4 aromatic rings. The average Bonchev–Trinajstić information content (AvgIpc) is 3.21. The fraction of sp³-hybridized carbons (Fsp3) is 0.192. The molecule has 0 aliphatic carbocycles. The number of hydrogen-bond donors (Lipinski definition) is 1. The molecular weight excluding hydrogens is 454 g/mol. The first-order valence-electron chi connectivity index (χ1n) is 11.3. The van der Waals surface area contributed by atoms with Crippen LogP contribution < -0.4 is 10.6 Å². The van der Waals surface area contributed by atoms with E-state index < -0.39 is 23.4 Å². The Balaban J connectivity index is 1.36. The van der Waals surface area contributed by atoms with Crippen LogP contribution in [0.2, 0.25) is 0 Å². The van der Waals surface area contributed by atoms with Crippen molar-refractivity contribution in [2.45, 2.75) is 18.9 Å². The van der Waals surface area contributed by atoms with Crippen LogP contribution in [0.25, 0.3) is 11.0 Å². The summed E-state index contributed by atoms with van der Waals surface area (Å²) >= 11 is 0. The van der Waals surface area contributed by atoms with E-state index in [-0.39, 0.29) is 23.1 Å². The Hall–Kier alpha value is -4.27. The molecule has 0 atom stereocenters. The lowest BCUT2D eigenvalue weighted by atomic mass is 10.0. The smallest absolute Gasteiger partial charge is 0.326 e. The summed E-state index contributed by atoms with van der Waals surface area (Å²) in [6.07, 6.45) is 1.02. The van der Waals surface area contributed by atoms with Crippen molar-refractivity contribution in [3.63, 3.8) is 0 Å². The van der Waals surface area contributed by atoms with Crippen LogP contribution in [0, 0.1) is 11.6 Å². The highest BCUT2D eigenvalue weighted by molar-refractivity contribution is 6.42. The molecule has 1 saturated heterocycles. The lowest BCUT2D eigenvalue weighted by Crippen LogP contribution is -2.47. The van der Waals surface area contributed by atoms with E-state index in [9.17, 15) is 23.2 Å². The van der Waals surface area contributed by atoms with Crippen molar-refractivity contribution in [2.75, 3.05) is 18.0 Å². The number of benzene rings is 3. The largest absolute Gasteiger partial charge is 0.334 e. The molecule has 0 saturated carbocycles. The second-order valence-electron chi connectivity index (χ2n) is 8.43. The number of imidazole rings is 1. The predicted octanol–water partition coefficient (Wildman–Crippen LogP) is 4.14. The monoisotopic (exact) mass is 476 g/mol. The minimum Gasteiger partial charge on any atom is -0.334 e. The summed E-state index contributed by atoms with van der Waals surface area (Å²) in [5, 5.41) is 0. The number of amides is 2. The number of fused-ring (bicyclic) bond motifs is 1. The van der Waals surface area contributed by atoms with E-state index in [0.717, 1.165) is 15.9 Å². The molecule has 9 heteroatoms. The van der Waals surface area contributed by atoms with Gasteiger partial charge in [0, 0.05) is 30.5 Å². The summed E-state index contributed by atoms with van der Waals surface area (Å²) in [6, 6.07) is 17.6. The molecule has 5 rings (SSSR count). The van der Waals surface area contributed by atoms with Gasteiger partial charge >= 0.3 is 17.5 Å². The van der Waals surface area contributed by atoms with Crippen molar-refractivity contribution in [3.8, 4) is 0 Å². The van der Waals surface area contributed by atoms with E-state index in [1.165, 1.54) is 53.4 Å². The molecule has 2 heterocycles. The topological polar surface area (TPSA) is 78.4 Å². The number of piperidine rings is 1. The van der Waals surface area contributed by atoms with Gasteiger partial charge in [0.1, 0.15) is 11.6 Å². The Morgan fingerprint density at radius 1 is 0.829 bits per heavy atom. The van der Waals surface area contributed by atoms with Crippen molar-refractivity contribution >= 4 is 34.2 Å². The molecule has 1 aliphatic heterocycles. The van der Waals surface area contributed by atoms with Crippen LogP contribution >= 0.6 is 0 Å². The van der Waals surface area contributed by atoms with Gasteiger partial charge in [-0.2, -0.15) is 0 Å². The lowest BCUT2D eigenvalue weighted by molar-refractivity contribution is -0.144. The molecule has 1 fully saturated rings. The van der Waals surface area contributed by atoms with E-state index in [1.807, 2.05) is 24.3 Å². The van der Waals surface area contributed by atoms with E-state index >= 15 is 0 Å².